The van der Waals surface area contributed by atoms with E-state index in [0.29, 0.717) is 11.6 Å². The third kappa shape index (κ3) is 6.36. The van der Waals surface area contributed by atoms with Crippen LogP contribution in [0.5, 0.6) is 0 Å². The molecule has 230 valence electrons. The molecule has 3 aromatic carbocycles. The summed E-state index contributed by atoms with van der Waals surface area (Å²) >= 11 is 0. The first-order valence-corrected chi connectivity index (χ1v) is 15.9. The van der Waals surface area contributed by atoms with Gasteiger partial charge in [0.1, 0.15) is 0 Å². The Kier molecular flexibility index (Phi) is 8.45. The Morgan fingerprint density at radius 3 is 2.30 bits per heavy atom. The summed E-state index contributed by atoms with van der Waals surface area (Å²) < 4.78 is 42.2. The smallest absolute Gasteiger partial charge is 0.375 e. The molecule has 1 aliphatic carbocycles. The van der Waals surface area contributed by atoms with Crippen LogP contribution in [0, 0.1) is 26.7 Å². The standard InChI is InChI=1S/C38H42F3N3/c1-25-22-33(32-18-20-43(21-19-32)28(4)31-15-16-31)17-14-29(25)8-5-9-30-10-7-13-36(27(30)3)34-11-6-12-35(23-34)44-37(38(39,40)41)26(2)24-42-44/h6-7,10-14,17,22-24,31-32H,4-5,8-9,15-16,18-21H2,1-3H3. The van der Waals surface area contributed by atoms with Gasteiger partial charge in [-0.2, -0.15) is 18.3 Å². The summed E-state index contributed by atoms with van der Waals surface area (Å²) in [6.07, 6.45) is 4.83. The number of nitrogens with zero attached hydrogens (tertiary/aromatic N) is 3. The number of aryl methyl sites for hydroxylation is 4. The average molecular weight is 598 g/mol. The predicted octanol–water partition coefficient (Wildman–Crippen LogP) is 9.76. The van der Waals surface area contributed by atoms with Crippen LogP contribution in [-0.2, 0) is 19.0 Å². The first-order chi connectivity index (χ1) is 21.1. The highest BCUT2D eigenvalue weighted by atomic mass is 19.4. The number of aromatic nitrogens is 2. The third-order valence-electron chi connectivity index (χ3n) is 9.75. The van der Waals surface area contributed by atoms with E-state index >= 15 is 0 Å². The molecule has 0 radical (unpaired) electrons. The molecule has 6 heteroatoms. The van der Waals surface area contributed by atoms with Gasteiger partial charge in [-0.25, -0.2) is 4.68 Å². The second-order valence-electron chi connectivity index (χ2n) is 12.8. The molecule has 6 rings (SSSR count). The molecule has 1 saturated carbocycles. The number of alkyl halides is 3. The van der Waals surface area contributed by atoms with E-state index in [0.717, 1.165) is 54.1 Å². The van der Waals surface area contributed by atoms with E-state index in [-0.39, 0.29) is 5.56 Å². The molecule has 44 heavy (non-hydrogen) atoms. The van der Waals surface area contributed by atoms with Gasteiger partial charge in [-0.05, 0) is 134 Å². The maximum Gasteiger partial charge on any atom is 0.433 e. The summed E-state index contributed by atoms with van der Waals surface area (Å²) in [6, 6.07) is 20.6. The summed E-state index contributed by atoms with van der Waals surface area (Å²) in [4.78, 5) is 2.52. The van der Waals surface area contributed by atoms with E-state index in [1.54, 1.807) is 18.2 Å². The van der Waals surface area contributed by atoms with Gasteiger partial charge < -0.3 is 4.90 Å². The van der Waals surface area contributed by atoms with Crippen LogP contribution >= 0.6 is 0 Å². The molecule has 3 nitrogen and oxygen atoms in total. The zero-order chi connectivity index (χ0) is 31.0. The van der Waals surface area contributed by atoms with Gasteiger partial charge in [0.2, 0.25) is 0 Å². The molecular weight excluding hydrogens is 555 g/mol. The van der Waals surface area contributed by atoms with E-state index < -0.39 is 11.9 Å². The van der Waals surface area contributed by atoms with Gasteiger partial charge in [-0.3, -0.25) is 0 Å². The fourth-order valence-electron chi connectivity index (χ4n) is 6.94. The molecule has 1 aromatic heterocycles. The number of piperidine rings is 1. The second kappa shape index (κ2) is 12.3. The van der Waals surface area contributed by atoms with E-state index in [4.69, 9.17) is 0 Å². The SMILES string of the molecule is C=C(C1CC1)N1CCC(c2ccc(CCCc3cccc(-c4cccc(-n5ncc(C)c5C(F)(F)F)c4)c3C)c(C)c2)CC1. The van der Waals surface area contributed by atoms with Crippen LogP contribution in [0.4, 0.5) is 13.2 Å². The van der Waals surface area contributed by atoms with Crippen LogP contribution < -0.4 is 0 Å². The van der Waals surface area contributed by atoms with Crippen molar-refractivity contribution in [2.45, 2.75) is 77.8 Å². The molecule has 0 spiro atoms. The Balaban J connectivity index is 1.10. The van der Waals surface area contributed by atoms with Crippen molar-refractivity contribution < 1.29 is 13.2 Å². The summed E-state index contributed by atoms with van der Waals surface area (Å²) in [7, 11) is 0. The number of hydrogen-bond acceptors (Lipinski definition) is 2. The number of allylic oxidation sites excluding steroid dienone is 1. The quantitative estimate of drug-likeness (QED) is 0.192. The van der Waals surface area contributed by atoms with Crippen molar-refractivity contribution in [1.82, 2.24) is 14.7 Å². The predicted molar refractivity (Wildman–Crippen MR) is 172 cm³/mol. The van der Waals surface area contributed by atoms with Crippen molar-refractivity contribution in [2.75, 3.05) is 13.1 Å². The van der Waals surface area contributed by atoms with Crippen LogP contribution in [0.2, 0.25) is 0 Å². The Bertz CT molecular complexity index is 1650. The largest absolute Gasteiger partial charge is 0.433 e. The monoisotopic (exact) mass is 597 g/mol. The minimum absolute atomic E-state index is 0.113. The number of hydrogen-bond donors (Lipinski definition) is 0. The molecule has 1 saturated heterocycles. The highest BCUT2D eigenvalue weighted by Crippen LogP contribution is 2.40. The third-order valence-corrected chi connectivity index (χ3v) is 9.75. The second-order valence-corrected chi connectivity index (χ2v) is 12.8. The van der Waals surface area contributed by atoms with Crippen molar-refractivity contribution >= 4 is 0 Å². The highest BCUT2D eigenvalue weighted by molar-refractivity contribution is 5.70. The van der Waals surface area contributed by atoms with Gasteiger partial charge in [-0.15, -0.1) is 0 Å². The lowest BCUT2D eigenvalue weighted by molar-refractivity contribution is -0.143. The maximum atomic E-state index is 13.7. The molecule has 0 amide bonds. The number of benzene rings is 3. The Labute approximate surface area is 259 Å². The molecule has 0 N–H and O–H groups in total. The van der Waals surface area contributed by atoms with Crippen LogP contribution in [0.25, 0.3) is 16.8 Å². The number of halogens is 3. The zero-order valence-electron chi connectivity index (χ0n) is 26.1. The summed E-state index contributed by atoms with van der Waals surface area (Å²) in [5.74, 6) is 1.38. The van der Waals surface area contributed by atoms with Crippen molar-refractivity contribution in [1.29, 1.82) is 0 Å². The Morgan fingerprint density at radius 1 is 0.864 bits per heavy atom. The zero-order valence-corrected chi connectivity index (χ0v) is 26.1. The van der Waals surface area contributed by atoms with E-state index in [2.05, 4.69) is 60.8 Å². The summed E-state index contributed by atoms with van der Waals surface area (Å²) in [5, 5.41) is 4.04. The molecule has 0 unspecified atom stereocenters. The van der Waals surface area contributed by atoms with Gasteiger partial charge in [-0.1, -0.05) is 55.1 Å². The molecule has 2 aliphatic rings. The number of rotatable bonds is 9. The summed E-state index contributed by atoms with van der Waals surface area (Å²) in [6.45, 7) is 12.4. The van der Waals surface area contributed by atoms with Crippen molar-refractivity contribution in [3.8, 4) is 16.8 Å². The van der Waals surface area contributed by atoms with Crippen LogP contribution in [-0.4, -0.2) is 27.8 Å². The molecule has 1 aliphatic heterocycles. The minimum atomic E-state index is -4.48. The van der Waals surface area contributed by atoms with Crippen molar-refractivity contribution in [3.05, 3.63) is 118 Å². The Morgan fingerprint density at radius 2 is 1.59 bits per heavy atom. The fraction of sp³-hybridized carbons (Fsp3) is 0.395. The molecule has 2 fully saturated rings. The van der Waals surface area contributed by atoms with E-state index in [1.807, 2.05) is 12.1 Å². The fourth-order valence-corrected chi connectivity index (χ4v) is 6.94. The van der Waals surface area contributed by atoms with Crippen LogP contribution in [0.1, 0.15) is 77.1 Å². The van der Waals surface area contributed by atoms with Crippen molar-refractivity contribution in [2.24, 2.45) is 5.92 Å². The van der Waals surface area contributed by atoms with Crippen LogP contribution in [0.3, 0.4) is 0 Å². The lowest BCUT2D eigenvalue weighted by Crippen LogP contribution is -2.32. The average Bonchev–Trinajstić information content (AvgIpc) is 3.78. The minimum Gasteiger partial charge on any atom is -0.375 e. The van der Waals surface area contributed by atoms with Crippen LogP contribution in [0.15, 0.2) is 79.1 Å². The van der Waals surface area contributed by atoms with Gasteiger partial charge in [0, 0.05) is 18.8 Å². The first-order valence-electron chi connectivity index (χ1n) is 15.9. The Hall–Kier alpha value is -3.80. The van der Waals surface area contributed by atoms with Gasteiger partial charge in [0.15, 0.2) is 5.69 Å². The topological polar surface area (TPSA) is 21.1 Å². The van der Waals surface area contributed by atoms with Gasteiger partial charge in [0.05, 0.1) is 11.9 Å². The maximum absolute atomic E-state index is 13.7. The van der Waals surface area contributed by atoms with Crippen molar-refractivity contribution in [3.63, 3.8) is 0 Å². The highest BCUT2D eigenvalue weighted by Gasteiger charge is 2.37. The van der Waals surface area contributed by atoms with Gasteiger partial charge in [0.25, 0.3) is 0 Å². The molecule has 0 bridgehead atoms. The lowest BCUT2D eigenvalue weighted by Gasteiger charge is -2.35. The molecule has 4 aromatic rings. The summed E-state index contributed by atoms with van der Waals surface area (Å²) in [5.41, 5.74) is 9.77. The molecule has 2 heterocycles. The first kappa shape index (κ1) is 30.2. The molecule has 0 atom stereocenters. The lowest BCUT2D eigenvalue weighted by atomic mass is 9.86. The van der Waals surface area contributed by atoms with E-state index in [9.17, 15) is 13.2 Å². The van der Waals surface area contributed by atoms with Gasteiger partial charge >= 0.3 is 6.18 Å². The number of likely N-dealkylation sites (tertiary alicyclic amines) is 1. The molecular formula is C38H42F3N3. The van der Waals surface area contributed by atoms with E-state index in [1.165, 1.54) is 72.3 Å². The normalized spacial score (nSPS) is 16.0.